The largest absolute Gasteiger partial charge is 0.314 e. The van der Waals surface area contributed by atoms with Crippen LogP contribution in [-0.2, 0) is 6.54 Å². The predicted molar refractivity (Wildman–Crippen MR) is 70.0 cm³/mol. The highest BCUT2D eigenvalue weighted by Gasteiger charge is 2.05. The molecule has 0 aliphatic rings. The van der Waals surface area contributed by atoms with Gasteiger partial charge >= 0.3 is 0 Å². The first-order valence-electron chi connectivity index (χ1n) is 5.44. The maximum Gasteiger partial charge on any atom is 0.159 e. The SMILES string of the molecule is CNCc1cc(C)nc(-c2cccc(Cl)c2)n1. The molecular weight excluding hydrogens is 234 g/mol. The number of hydrogen-bond acceptors (Lipinski definition) is 3. The summed E-state index contributed by atoms with van der Waals surface area (Å²) in [6.45, 7) is 2.70. The molecule has 0 saturated carbocycles. The molecule has 4 heteroatoms. The van der Waals surface area contributed by atoms with Crippen molar-refractivity contribution in [1.82, 2.24) is 15.3 Å². The van der Waals surface area contributed by atoms with Gasteiger partial charge in [-0.2, -0.15) is 0 Å². The van der Waals surface area contributed by atoms with Crippen molar-refractivity contribution in [3.63, 3.8) is 0 Å². The zero-order chi connectivity index (χ0) is 12.3. The van der Waals surface area contributed by atoms with Gasteiger partial charge in [0, 0.05) is 22.8 Å². The van der Waals surface area contributed by atoms with Crippen molar-refractivity contribution in [3.05, 3.63) is 46.7 Å². The minimum Gasteiger partial charge on any atom is -0.314 e. The monoisotopic (exact) mass is 247 g/mol. The van der Waals surface area contributed by atoms with Crippen LogP contribution in [0.1, 0.15) is 11.4 Å². The number of halogens is 1. The minimum atomic E-state index is 0.697. The van der Waals surface area contributed by atoms with E-state index >= 15 is 0 Å². The van der Waals surface area contributed by atoms with Crippen LogP contribution in [-0.4, -0.2) is 17.0 Å². The Bertz CT molecular complexity index is 526. The maximum atomic E-state index is 5.97. The van der Waals surface area contributed by atoms with Gasteiger partial charge < -0.3 is 5.32 Å². The Morgan fingerprint density at radius 2 is 2.06 bits per heavy atom. The molecule has 1 aromatic carbocycles. The summed E-state index contributed by atoms with van der Waals surface area (Å²) >= 11 is 5.97. The summed E-state index contributed by atoms with van der Waals surface area (Å²) < 4.78 is 0. The summed E-state index contributed by atoms with van der Waals surface area (Å²) in [5.74, 6) is 0.720. The second kappa shape index (κ2) is 5.25. The molecule has 1 heterocycles. The molecule has 2 rings (SSSR count). The van der Waals surface area contributed by atoms with Crippen LogP contribution in [0.4, 0.5) is 0 Å². The first-order chi connectivity index (χ1) is 8.19. The van der Waals surface area contributed by atoms with E-state index in [0.717, 1.165) is 29.3 Å². The summed E-state index contributed by atoms with van der Waals surface area (Å²) in [5, 5.41) is 3.78. The van der Waals surface area contributed by atoms with Gasteiger partial charge in [-0.25, -0.2) is 9.97 Å². The highest BCUT2D eigenvalue weighted by atomic mass is 35.5. The number of benzene rings is 1. The lowest BCUT2D eigenvalue weighted by molar-refractivity contribution is 0.785. The van der Waals surface area contributed by atoms with Gasteiger partial charge in [0.05, 0.1) is 5.69 Å². The molecule has 1 aromatic heterocycles. The van der Waals surface area contributed by atoms with E-state index in [1.54, 1.807) is 0 Å². The van der Waals surface area contributed by atoms with Gasteiger partial charge in [0.15, 0.2) is 5.82 Å². The molecular formula is C13H14ClN3. The van der Waals surface area contributed by atoms with Crippen LogP contribution < -0.4 is 5.32 Å². The lowest BCUT2D eigenvalue weighted by atomic mass is 10.2. The summed E-state index contributed by atoms with van der Waals surface area (Å²) in [6, 6.07) is 9.56. The maximum absolute atomic E-state index is 5.97. The van der Waals surface area contributed by atoms with E-state index < -0.39 is 0 Å². The molecule has 0 saturated heterocycles. The summed E-state index contributed by atoms with van der Waals surface area (Å²) in [4.78, 5) is 8.93. The summed E-state index contributed by atoms with van der Waals surface area (Å²) in [5.41, 5.74) is 2.88. The molecule has 0 unspecified atom stereocenters. The van der Waals surface area contributed by atoms with Crippen molar-refractivity contribution in [2.24, 2.45) is 0 Å². The second-order valence-electron chi connectivity index (χ2n) is 3.86. The zero-order valence-electron chi connectivity index (χ0n) is 9.87. The number of nitrogens with one attached hydrogen (secondary N) is 1. The average Bonchev–Trinajstić information content (AvgIpc) is 2.28. The molecule has 0 atom stereocenters. The van der Waals surface area contributed by atoms with Gasteiger partial charge in [0.25, 0.3) is 0 Å². The number of hydrogen-bond donors (Lipinski definition) is 1. The fourth-order valence-electron chi connectivity index (χ4n) is 1.66. The van der Waals surface area contributed by atoms with E-state index in [1.807, 2.05) is 44.3 Å². The predicted octanol–water partition coefficient (Wildman–Crippen LogP) is 2.82. The first kappa shape index (κ1) is 12.0. The van der Waals surface area contributed by atoms with Crippen LogP contribution in [0.5, 0.6) is 0 Å². The Balaban J connectivity index is 2.44. The molecule has 0 spiro atoms. The van der Waals surface area contributed by atoms with Gasteiger partial charge in [-0.15, -0.1) is 0 Å². The van der Waals surface area contributed by atoms with Gasteiger partial charge in [-0.05, 0) is 32.2 Å². The molecule has 0 bridgehead atoms. The van der Waals surface area contributed by atoms with E-state index in [9.17, 15) is 0 Å². The highest BCUT2D eigenvalue weighted by molar-refractivity contribution is 6.30. The second-order valence-corrected chi connectivity index (χ2v) is 4.30. The first-order valence-corrected chi connectivity index (χ1v) is 5.82. The molecule has 0 fully saturated rings. The van der Waals surface area contributed by atoms with Gasteiger partial charge in [0.2, 0.25) is 0 Å². The van der Waals surface area contributed by atoms with Crippen LogP contribution in [0.2, 0.25) is 5.02 Å². The Kier molecular flexibility index (Phi) is 3.71. The van der Waals surface area contributed by atoms with Crippen LogP contribution in [0.25, 0.3) is 11.4 Å². The Labute approximate surface area is 106 Å². The third-order valence-electron chi connectivity index (χ3n) is 2.35. The molecule has 1 N–H and O–H groups in total. The van der Waals surface area contributed by atoms with Crippen LogP contribution in [0.15, 0.2) is 30.3 Å². The fraction of sp³-hybridized carbons (Fsp3) is 0.231. The summed E-state index contributed by atoms with van der Waals surface area (Å²) in [6.07, 6.45) is 0. The molecule has 88 valence electrons. The van der Waals surface area contributed by atoms with E-state index in [2.05, 4.69) is 15.3 Å². The molecule has 3 nitrogen and oxygen atoms in total. The number of aryl methyl sites for hydroxylation is 1. The fourth-order valence-corrected chi connectivity index (χ4v) is 1.85. The summed E-state index contributed by atoms with van der Waals surface area (Å²) in [7, 11) is 1.90. The van der Waals surface area contributed by atoms with Crippen molar-refractivity contribution in [1.29, 1.82) is 0 Å². The standard InChI is InChI=1S/C13H14ClN3/c1-9-6-12(8-15-2)17-13(16-9)10-4-3-5-11(14)7-10/h3-7,15H,8H2,1-2H3. The number of aromatic nitrogens is 2. The van der Waals surface area contributed by atoms with E-state index in [1.165, 1.54) is 0 Å². The van der Waals surface area contributed by atoms with Gasteiger partial charge in [-0.1, -0.05) is 23.7 Å². The number of rotatable bonds is 3. The minimum absolute atomic E-state index is 0.697. The van der Waals surface area contributed by atoms with E-state index in [-0.39, 0.29) is 0 Å². The third kappa shape index (κ3) is 3.02. The molecule has 0 aliphatic heterocycles. The van der Waals surface area contributed by atoms with Crippen LogP contribution >= 0.6 is 11.6 Å². The Hall–Kier alpha value is -1.45. The Morgan fingerprint density at radius 1 is 1.24 bits per heavy atom. The van der Waals surface area contributed by atoms with E-state index in [0.29, 0.717) is 5.02 Å². The van der Waals surface area contributed by atoms with Crippen molar-refractivity contribution >= 4 is 11.6 Å². The van der Waals surface area contributed by atoms with Crippen molar-refractivity contribution < 1.29 is 0 Å². The molecule has 0 amide bonds. The zero-order valence-corrected chi connectivity index (χ0v) is 10.6. The van der Waals surface area contributed by atoms with Crippen molar-refractivity contribution in [2.45, 2.75) is 13.5 Å². The smallest absolute Gasteiger partial charge is 0.159 e. The lowest BCUT2D eigenvalue weighted by Crippen LogP contribution is -2.08. The van der Waals surface area contributed by atoms with Crippen molar-refractivity contribution in [2.75, 3.05) is 7.05 Å². The topological polar surface area (TPSA) is 37.8 Å². The average molecular weight is 248 g/mol. The quantitative estimate of drug-likeness (QED) is 0.906. The molecule has 17 heavy (non-hydrogen) atoms. The van der Waals surface area contributed by atoms with Crippen LogP contribution in [0, 0.1) is 6.92 Å². The normalized spacial score (nSPS) is 10.5. The molecule has 0 aliphatic carbocycles. The van der Waals surface area contributed by atoms with Crippen LogP contribution in [0.3, 0.4) is 0 Å². The lowest BCUT2D eigenvalue weighted by Gasteiger charge is -2.06. The molecule has 0 radical (unpaired) electrons. The van der Waals surface area contributed by atoms with E-state index in [4.69, 9.17) is 11.6 Å². The van der Waals surface area contributed by atoms with Crippen molar-refractivity contribution in [3.8, 4) is 11.4 Å². The number of nitrogens with zero attached hydrogens (tertiary/aromatic N) is 2. The highest BCUT2D eigenvalue weighted by Crippen LogP contribution is 2.20. The third-order valence-corrected chi connectivity index (χ3v) is 2.58. The van der Waals surface area contributed by atoms with Gasteiger partial charge in [0.1, 0.15) is 0 Å². The van der Waals surface area contributed by atoms with Gasteiger partial charge in [-0.3, -0.25) is 0 Å². The molecule has 2 aromatic rings. The Morgan fingerprint density at radius 3 is 2.76 bits per heavy atom.